The van der Waals surface area contributed by atoms with E-state index in [-0.39, 0.29) is 11.8 Å². The zero-order chi connectivity index (χ0) is 13.2. The van der Waals surface area contributed by atoms with E-state index >= 15 is 0 Å². The summed E-state index contributed by atoms with van der Waals surface area (Å²) in [6, 6.07) is 3.55. The van der Waals surface area contributed by atoms with Crippen LogP contribution in [0, 0.1) is 17.8 Å². The number of nitrogens with one attached hydrogen (secondary N) is 2. The van der Waals surface area contributed by atoms with Crippen molar-refractivity contribution in [1.82, 2.24) is 10.9 Å². The molecule has 4 nitrogen and oxygen atoms in total. The molecular formula is C14H18N2O2S. The second-order valence-electron chi connectivity index (χ2n) is 5.62. The van der Waals surface area contributed by atoms with Gasteiger partial charge in [-0.15, -0.1) is 11.3 Å². The van der Waals surface area contributed by atoms with Crippen molar-refractivity contribution in [3.8, 4) is 0 Å². The topological polar surface area (TPSA) is 58.2 Å². The molecule has 1 aromatic heterocycles. The standard InChI is InChI=1S/C14H18N2O2S/c17-13(8-11-7-9-3-4-10(11)6-9)15-16-14(18)12-2-1-5-19-12/h1-2,5,9-11H,3-4,6-8H2,(H,15,17)(H,16,18). The highest BCUT2D eigenvalue weighted by atomic mass is 32.1. The Labute approximate surface area is 116 Å². The fourth-order valence-corrected chi connectivity index (χ4v) is 4.13. The predicted molar refractivity (Wildman–Crippen MR) is 73.5 cm³/mol. The summed E-state index contributed by atoms with van der Waals surface area (Å²) in [5.74, 6) is 1.81. The lowest BCUT2D eigenvalue weighted by atomic mass is 9.86. The first-order chi connectivity index (χ1) is 9.22. The van der Waals surface area contributed by atoms with Crippen LogP contribution in [0.3, 0.4) is 0 Å². The molecule has 19 heavy (non-hydrogen) atoms. The van der Waals surface area contributed by atoms with Gasteiger partial charge in [-0.05, 0) is 48.5 Å². The van der Waals surface area contributed by atoms with Crippen LogP contribution >= 0.6 is 11.3 Å². The molecule has 0 radical (unpaired) electrons. The Morgan fingerprint density at radius 2 is 2.16 bits per heavy atom. The van der Waals surface area contributed by atoms with E-state index in [1.54, 1.807) is 6.07 Å². The molecule has 0 spiro atoms. The van der Waals surface area contributed by atoms with E-state index in [2.05, 4.69) is 10.9 Å². The van der Waals surface area contributed by atoms with Crippen LogP contribution in [-0.2, 0) is 4.79 Å². The summed E-state index contributed by atoms with van der Waals surface area (Å²) in [6.07, 6.45) is 5.67. The minimum atomic E-state index is -0.240. The second kappa shape index (κ2) is 5.33. The number of fused-ring (bicyclic) bond motifs is 2. The average molecular weight is 278 g/mol. The maximum Gasteiger partial charge on any atom is 0.279 e. The van der Waals surface area contributed by atoms with Crippen molar-refractivity contribution in [2.45, 2.75) is 32.1 Å². The Hall–Kier alpha value is -1.36. The van der Waals surface area contributed by atoms with E-state index in [9.17, 15) is 9.59 Å². The maximum atomic E-state index is 11.8. The van der Waals surface area contributed by atoms with Gasteiger partial charge in [-0.3, -0.25) is 20.4 Å². The molecule has 5 heteroatoms. The molecule has 2 saturated carbocycles. The molecule has 0 aliphatic heterocycles. The molecule has 1 aromatic rings. The van der Waals surface area contributed by atoms with E-state index in [0.717, 1.165) is 11.8 Å². The first kappa shape index (κ1) is 12.7. The minimum absolute atomic E-state index is 0.0672. The van der Waals surface area contributed by atoms with E-state index < -0.39 is 0 Å². The summed E-state index contributed by atoms with van der Waals surface area (Å²) < 4.78 is 0. The number of carbonyl (C=O) groups excluding carboxylic acids is 2. The highest BCUT2D eigenvalue weighted by Crippen LogP contribution is 2.49. The molecule has 0 aromatic carbocycles. The first-order valence-electron chi connectivity index (χ1n) is 6.85. The molecule has 2 fully saturated rings. The molecule has 3 rings (SSSR count). The minimum Gasteiger partial charge on any atom is -0.273 e. The predicted octanol–water partition coefficient (Wildman–Crippen LogP) is 2.34. The van der Waals surface area contributed by atoms with Gasteiger partial charge in [0.05, 0.1) is 4.88 Å². The first-order valence-corrected chi connectivity index (χ1v) is 7.73. The average Bonchev–Trinajstić information content (AvgIpc) is 3.12. The van der Waals surface area contributed by atoms with E-state index in [1.165, 1.54) is 37.0 Å². The Bertz CT molecular complexity index is 472. The third-order valence-corrected chi connectivity index (χ3v) is 5.26. The van der Waals surface area contributed by atoms with Gasteiger partial charge in [0.1, 0.15) is 0 Å². The Morgan fingerprint density at radius 3 is 2.79 bits per heavy atom. The lowest BCUT2D eigenvalue weighted by molar-refractivity contribution is -0.123. The van der Waals surface area contributed by atoms with Crippen LogP contribution in [0.1, 0.15) is 41.8 Å². The Kier molecular flexibility index (Phi) is 3.55. The van der Waals surface area contributed by atoms with Crippen molar-refractivity contribution in [2.75, 3.05) is 0 Å². The Balaban J connectivity index is 1.43. The van der Waals surface area contributed by atoms with Crippen LogP contribution in [0.2, 0.25) is 0 Å². The zero-order valence-corrected chi connectivity index (χ0v) is 11.5. The SMILES string of the molecule is O=C(CC1CC2CCC1C2)NNC(=O)c1cccs1. The van der Waals surface area contributed by atoms with Gasteiger partial charge in [-0.25, -0.2) is 0 Å². The van der Waals surface area contributed by atoms with E-state index in [1.807, 2.05) is 11.4 Å². The number of amides is 2. The van der Waals surface area contributed by atoms with Crippen molar-refractivity contribution in [3.63, 3.8) is 0 Å². The number of hydrazine groups is 1. The largest absolute Gasteiger partial charge is 0.279 e. The summed E-state index contributed by atoms with van der Waals surface area (Å²) in [5, 5.41) is 1.84. The van der Waals surface area contributed by atoms with E-state index in [4.69, 9.17) is 0 Å². The molecule has 0 saturated heterocycles. The van der Waals surface area contributed by atoms with Crippen molar-refractivity contribution < 1.29 is 9.59 Å². The van der Waals surface area contributed by atoms with Gasteiger partial charge in [0.15, 0.2) is 0 Å². The van der Waals surface area contributed by atoms with E-state index in [0.29, 0.717) is 17.2 Å². The van der Waals surface area contributed by atoms with Gasteiger partial charge in [0.2, 0.25) is 5.91 Å². The van der Waals surface area contributed by atoms with Crippen molar-refractivity contribution >= 4 is 23.2 Å². The highest BCUT2D eigenvalue weighted by Gasteiger charge is 2.40. The number of rotatable bonds is 3. The van der Waals surface area contributed by atoms with Crippen LogP contribution in [0.25, 0.3) is 0 Å². The summed E-state index contributed by atoms with van der Waals surface area (Å²) in [5.41, 5.74) is 5.00. The number of hydrogen-bond donors (Lipinski definition) is 2. The molecule has 102 valence electrons. The number of carbonyl (C=O) groups is 2. The third-order valence-electron chi connectivity index (χ3n) is 4.39. The second-order valence-corrected chi connectivity index (χ2v) is 6.57. The summed E-state index contributed by atoms with van der Waals surface area (Å²) >= 11 is 1.36. The van der Waals surface area contributed by atoms with Crippen LogP contribution in [-0.4, -0.2) is 11.8 Å². The van der Waals surface area contributed by atoms with Crippen LogP contribution in [0.5, 0.6) is 0 Å². The summed E-state index contributed by atoms with van der Waals surface area (Å²) in [4.78, 5) is 24.1. The normalized spacial score (nSPS) is 28.3. The van der Waals surface area contributed by atoms with Gasteiger partial charge in [-0.1, -0.05) is 12.5 Å². The molecule has 2 N–H and O–H groups in total. The molecule has 2 aliphatic rings. The Morgan fingerprint density at radius 1 is 1.26 bits per heavy atom. The van der Waals surface area contributed by atoms with Crippen LogP contribution in [0.4, 0.5) is 0 Å². The summed E-state index contributed by atoms with van der Waals surface area (Å²) in [7, 11) is 0. The van der Waals surface area contributed by atoms with Gasteiger partial charge in [-0.2, -0.15) is 0 Å². The smallest absolute Gasteiger partial charge is 0.273 e. The lowest BCUT2D eigenvalue weighted by Gasteiger charge is -2.20. The van der Waals surface area contributed by atoms with Crippen LogP contribution in [0.15, 0.2) is 17.5 Å². The molecule has 2 amide bonds. The highest BCUT2D eigenvalue weighted by molar-refractivity contribution is 7.12. The third kappa shape index (κ3) is 2.81. The number of hydrogen-bond acceptors (Lipinski definition) is 3. The van der Waals surface area contributed by atoms with Gasteiger partial charge in [0, 0.05) is 6.42 Å². The van der Waals surface area contributed by atoms with Gasteiger partial charge >= 0.3 is 0 Å². The summed E-state index contributed by atoms with van der Waals surface area (Å²) in [6.45, 7) is 0. The molecule has 2 aliphatic carbocycles. The van der Waals surface area contributed by atoms with Crippen LogP contribution < -0.4 is 10.9 Å². The molecule has 2 bridgehead atoms. The zero-order valence-electron chi connectivity index (χ0n) is 10.7. The molecule has 1 heterocycles. The lowest BCUT2D eigenvalue weighted by Crippen LogP contribution is -2.42. The van der Waals surface area contributed by atoms with Crippen molar-refractivity contribution in [1.29, 1.82) is 0 Å². The monoisotopic (exact) mass is 278 g/mol. The van der Waals surface area contributed by atoms with Gasteiger partial charge in [0.25, 0.3) is 5.91 Å². The van der Waals surface area contributed by atoms with Gasteiger partial charge < -0.3 is 0 Å². The molecule has 3 atom stereocenters. The fraction of sp³-hybridized carbons (Fsp3) is 0.571. The maximum absolute atomic E-state index is 11.8. The quantitative estimate of drug-likeness (QED) is 0.834. The molecule has 3 unspecified atom stereocenters. The van der Waals surface area contributed by atoms with Crippen molar-refractivity contribution in [2.24, 2.45) is 17.8 Å². The van der Waals surface area contributed by atoms with Crippen molar-refractivity contribution in [3.05, 3.63) is 22.4 Å². The fourth-order valence-electron chi connectivity index (χ4n) is 3.51. The number of thiophene rings is 1. The molecular weight excluding hydrogens is 260 g/mol.